The molecule has 0 bridgehead atoms. The lowest BCUT2D eigenvalue weighted by atomic mass is 10.1. The van der Waals surface area contributed by atoms with Gasteiger partial charge in [-0.05, 0) is 50.7 Å². The molecule has 1 aromatic heterocycles. The minimum Gasteiger partial charge on any atom is -0.477 e. The molecule has 1 fully saturated rings. The van der Waals surface area contributed by atoms with Gasteiger partial charge in [-0.25, -0.2) is 9.78 Å². The molecule has 1 atom stereocenters. The van der Waals surface area contributed by atoms with Gasteiger partial charge in [0.15, 0.2) is 0 Å². The number of amides is 2. The summed E-state index contributed by atoms with van der Waals surface area (Å²) < 4.78 is 11.0. The summed E-state index contributed by atoms with van der Waals surface area (Å²) in [6, 6.07) is 12.5. The number of hydrogen-bond acceptors (Lipinski definition) is 5. The molecular formula is C24H31N3O4. The van der Waals surface area contributed by atoms with Crippen molar-refractivity contribution < 1.29 is 19.1 Å². The van der Waals surface area contributed by atoms with Crippen LogP contribution in [0, 0.1) is 5.92 Å². The van der Waals surface area contributed by atoms with Gasteiger partial charge in [0.2, 0.25) is 11.8 Å². The fourth-order valence-electron chi connectivity index (χ4n) is 2.91. The van der Waals surface area contributed by atoms with E-state index in [1.807, 2.05) is 42.5 Å². The molecule has 1 unspecified atom stereocenters. The van der Waals surface area contributed by atoms with Gasteiger partial charge in [0.05, 0.1) is 6.61 Å². The molecule has 2 aromatic rings. The number of nitrogens with one attached hydrogen (secondary N) is 2. The highest BCUT2D eigenvalue weighted by Gasteiger charge is 2.25. The lowest BCUT2D eigenvalue weighted by Gasteiger charge is -2.23. The Bertz CT molecular complexity index is 859. The molecule has 31 heavy (non-hydrogen) atoms. The summed E-state index contributed by atoms with van der Waals surface area (Å²) in [5, 5.41) is 5.57. The van der Waals surface area contributed by atoms with E-state index >= 15 is 0 Å². The highest BCUT2D eigenvalue weighted by molar-refractivity contribution is 5.86. The molecule has 1 aromatic carbocycles. The van der Waals surface area contributed by atoms with Crippen LogP contribution < -0.4 is 15.4 Å². The maximum absolute atomic E-state index is 12.8. The number of pyridine rings is 1. The van der Waals surface area contributed by atoms with Gasteiger partial charge in [0.1, 0.15) is 11.6 Å². The largest absolute Gasteiger partial charge is 0.477 e. The first-order valence-corrected chi connectivity index (χ1v) is 10.7. The number of carbonyl (C=O) groups excluding carboxylic acids is 2. The molecule has 3 rings (SSSR count). The van der Waals surface area contributed by atoms with Crippen LogP contribution >= 0.6 is 0 Å². The Hall–Kier alpha value is -3.09. The Labute approximate surface area is 183 Å². The van der Waals surface area contributed by atoms with Gasteiger partial charge in [-0.2, -0.15) is 0 Å². The van der Waals surface area contributed by atoms with E-state index in [1.165, 1.54) is 12.8 Å². The fraction of sp³-hybridized carbons (Fsp3) is 0.458. The third-order valence-electron chi connectivity index (χ3n) is 4.72. The third kappa shape index (κ3) is 8.28. The number of nitrogens with zero attached hydrogens (tertiary/aromatic N) is 1. The van der Waals surface area contributed by atoms with Crippen molar-refractivity contribution >= 4 is 12.0 Å². The van der Waals surface area contributed by atoms with Crippen molar-refractivity contribution in [2.24, 2.45) is 5.92 Å². The van der Waals surface area contributed by atoms with Crippen molar-refractivity contribution in [3.8, 4) is 5.88 Å². The topological polar surface area (TPSA) is 89.5 Å². The molecule has 0 saturated heterocycles. The molecule has 0 spiro atoms. The molecule has 0 aliphatic heterocycles. The summed E-state index contributed by atoms with van der Waals surface area (Å²) >= 11 is 0. The first kappa shape index (κ1) is 22.6. The van der Waals surface area contributed by atoms with Crippen LogP contribution in [0.5, 0.6) is 5.88 Å². The lowest BCUT2D eigenvalue weighted by molar-refractivity contribution is -0.123. The molecule has 166 valence electrons. The van der Waals surface area contributed by atoms with Crippen LogP contribution in [0.1, 0.15) is 44.7 Å². The van der Waals surface area contributed by atoms with Crippen molar-refractivity contribution in [1.82, 2.24) is 15.6 Å². The number of benzene rings is 1. The van der Waals surface area contributed by atoms with Gasteiger partial charge >= 0.3 is 6.09 Å². The van der Waals surface area contributed by atoms with Gasteiger partial charge in [0.25, 0.3) is 0 Å². The second-order valence-corrected chi connectivity index (χ2v) is 8.87. The van der Waals surface area contributed by atoms with Gasteiger partial charge < -0.3 is 20.1 Å². The Morgan fingerprint density at radius 1 is 1.10 bits per heavy atom. The van der Waals surface area contributed by atoms with E-state index in [2.05, 4.69) is 15.6 Å². The van der Waals surface area contributed by atoms with Gasteiger partial charge in [0, 0.05) is 25.2 Å². The minimum atomic E-state index is -0.758. The molecule has 1 aliphatic rings. The Kier molecular flexibility index (Phi) is 7.50. The normalized spacial score (nSPS) is 14.4. The predicted octanol–water partition coefficient (Wildman–Crippen LogP) is 3.62. The van der Waals surface area contributed by atoms with Crippen LogP contribution in [0.3, 0.4) is 0 Å². The first-order chi connectivity index (χ1) is 14.8. The van der Waals surface area contributed by atoms with Crippen molar-refractivity contribution in [2.45, 2.75) is 58.2 Å². The van der Waals surface area contributed by atoms with E-state index in [0.717, 1.165) is 11.1 Å². The maximum Gasteiger partial charge on any atom is 0.408 e. The quantitative estimate of drug-likeness (QED) is 0.640. The van der Waals surface area contributed by atoms with Gasteiger partial charge in [-0.3, -0.25) is 4.79 Å². The lowest BCUT2D eigenvalue weighted by Crippen LogP contribution is -2.49. The number of ether oxygens (including phenoxy) is 2. The number of rotatable bonds is 9. The summed E-state index contributed by atoms with van der Waals surface area (Å²) in [7, 11) is 0. The highest BCUT2D eigenvalue weighted by Crippen LogP contribution is 2.29. The Morgan fingerprint density at radius 2 is 1.84 bits per heavy atom. The smallest absolute Gasteiger partial charge is 0.408 e. The van der Waals surface area contributed by atoms with E-state index in [0.29, 0.717) is 31.4 Å². The zero-order chi connectivity index (χ0) is 22.3. The minimum absolute atomic E-state index is 0.288. The van der Waals surface area contributed by atoms with Gasteiger partial charge in [-0.1, -0.05) is 36.4 Å². The fourth-order valence-corrected chi connectivity index (χ4v) is 2.91. The van der Waals surface area contributed by atoms with E-state index in [4.69, 9.17) is 9.47 Å². The van der Waals surface area contributed by atoms with Crippen LogP contribution in [0.15, 0.2) is 48.7 Å². The third-order valence-corrected chi connectivity index (χ3v) is 4.72. The number of aromatic nitrogens is 1. The molecule has 7 heteroatoms. The monoisotopic (exact) mass is 425 g/mol. The second-order valence-electron chi connectivity index (χ2n) is 8.87. The summed E-state index contributed by atoms with van der Waals surface area (Å²) in [5.41, 5.74) is 1.15. The van der Waals surface area contributed by atoms with Crippen molar-refractivity contribution in [3.05, 3.63) is 59.8 Å². The van der Waals surface area contributed by atoms with E-state index in [9.17, 15) is 9.59 Å². The second kappa shape index (κ2) is 10.3. The van der Waals surface area contributed by atoms with Crippen LogP contribution in [-0.4, -0.2) is 35.2 Å². The number of alkyl carbamates (subject to hydrolysis) is 1. The number of hydrogen-bond donors (Lipinski definition) is 2. The maximum atomic E-state index is 12.8. The molecule has 0 radical (unpaired) electrons. The molecule has 1 heterocycles. The number of carbonyl (C=O) groups is 2. The van der Waals surface area contributed by atoms with E-state index in [1.54, 1.807) is 27.0 Å². The average molecular weight is 426 g/mol. The summed E-state index contributed by atoms with van der Waals surface area (Å²) in [6.45, 7) is 6.36. The van der Waals surface area contributed by atoms with Crippen molar-refractivity contribution in [3.63, 3.8) is 0 Å². The molecular weight excluding hydrogens is 394 g/mol. The highest BCUT2D eigenvalue weighted by atomic mass is 16.6. The predicted molar refractivity (Wildman–Crippen MR) is 118 cm³/mol. The molecule has 7 nitrogen and oxygen atoms in total. The van der Waals surface area contributed by atoms with E-state index < -0.39 is 17.7 Å². The first-order valence-electron chi connectivity index (χ1n) is 10.7. The average Bonchev–Trinajstić information content (AvgIpc) is 3.55. The molecule has 2 N–H and O–H groups in total. The van der Waals surface area contributed by atoms with Crippen LogP contribution in [-0.2, 0) is 22.5 Å². The van der Waals surface area contributed by atoms with Gasteiger partial charge in [-0.15, -0.1) is 0 Å². The Balaban J connectivity index is 1.56. The summed E-state index contributed by atoms with van der Waals surface area (Å²) in [6.07, 6.45) is 3.88. The molecule has 1 saturated carbocycles. The van der Waals surface area contributed by atoms with Crippen LogP contribution in [0.4, 0.5) is 4.79 Å². The van der Waals surface area contributed by atoms with Crippen molar-refractivity contribution in [2.75, 3.05) is 6.61 Å². The van der Waals surface area contributed by atoms with E-state index in [-0.39, 0.29) is 5.91 Å². The zero-order valence-electron chi connectivity index (χ0n) is 18.4. The molecule has 1 aliphatic carbocycles. The van der Waals surface area contributed by atoms with Crippen LogP contribution in [0.2, 0.25) is 0 Å². The van der Waals surface area contributed by atoms with Crippen LogP contribution in [0.25, 0.3) is 0 Å². The molecule has 2 amide bonds. The SMILES string of the molecule is CC(C)(C)OC(=O)NC(Cc1ccccc1)C(=O)NCc1ccc(OCC2CC2)nc1. The van der Waals surface area contributed by atoms with Crippen molar-refractivity contribution in [1.29, 1.82) is 0 Å². The summed E-state index contributed by atoms with van der Waals surface area (Å²) in [5.74, 6) is 0.971. The standard InChI is InChI=1S/C24H31N3O4/c1-24(2,3)31-23(29)27-20(13-17-7-5-4-6-8-17)22(28)26-15-19-11-12-21(25-14-19)30-16-18-9-10-18/h4-8,11-12,14,18,20H,9-10,13,15-16H2,1-3H3,(H,26,28)(H,27,29). The zero-order valence-corrected chi connectivity index (χ0v) is 18.4. The Morgan fingerprint density at radius 3 is 2.45 bits per heavy atom. The summed E-state index contributed by atoms with van der Waals surface area (Å²) in [4.78, 5) is 29.4.